The molecule has 1 aromatic carbocycles. The number of aromatic nitrogens is 5. The number of hydrogen-bond donors (Lipinski definition) is 0. The summed E-state index contributed by atoms with van der Waals surface area (Å²) in [6, 6.07) is 9.53. The average Bonchev–Trinajstić information content (AvgIpc) is 3.18. The van der Waals surface area contributed by atoms with E-state index in [9.17, 15) is 8.78 Å². The van der Waals surface area contributed by atoms with Gasteiger partial charge < -0.3 is 4.52 Å². The van der Waals surface area contributed by atoms with Gasteiger partial charge in [0, 0.05) is 5.69 Å². The van der Waals surface area contributed by atoms with Crippen molar-refractivity contribution in [1.82, 2.24) is 24.9 Å². The summed E-state index contributed by atoms with van der Waals surface area (Å²) in [4.78, 5) is 4.07. The second kappa shape index (κ2) is 5.86. The van der Waals surface area contributed by atoms with E-state index in [4.69, 9.17) is 4.52 Å². The first-order chi connectivity index (χ1) is 11.0. The smallest absolute Gasteiger partial charge is 0.252 e. The zero-order valence-electron chi connectivity index (χ0n) is 12.6. The number of nitrogens with zero attached hydrogens (tertiary/aromatic N) is 5. The minimum atomic E-state index is -2.59. The minimum absolute atomic E-state index is 0.0896. The summed E-state index contributed by atoms with van der Waals surface area (Å²) in [7, 11) is 0. The molecule has 0 amide bonds. The fourth-order valence-electron chi connectivity index (χ4n) is 2.01. The molecule has 6 nitrogen and oxygen atoms in total. The van der Waals surface area contributed by atoms with E-state index in [1.807, 2.05) is 30.3 Å². The Bertz CT molecular complexity index is 782. The van der Waals surface area contributed by atoms with E-state index in [0.717, 1.165) is 5.69 Å². The van der Waals surface area contributed by atoms with Crippen molar-refractivity contribution in [3.05, 3.63) is 54.2 Å². The van der Waals surface area contributed by atoms with Crippen molar-refractivity contribution in [3.63, 3.8) is 0 Å². The predicted molar refractivity (Wildman–Crippen MR) is 77.5 cm³/mol. The lowest BCUT2D eigenvalue weighted by atomic mass is 9.94. The van der Waals surface area contributed by atoms with Crippen molar-refractivity contribution in [2.45, 2.75) is 32.1 Å². The van der Waals surface area contributed by atoms with Crippen molar-refractivity contribution >= 4 is 0 Å². The number of alkyl halides is 2. The molecule has 0 spiro atoms. The van der Waals surface area contributed by atoms with Gasteiger partial charge in [-0.25, -0.2) is 8.78 Å². The molecule has 2 aromatic heterocycles. The third-order valence-corrected chi connectivity index (χ3v) is 3.53. The quantitative estimate of drug-likeness (QED) is 0.723. The Labute approximate surface area is 131 Å². The van der Waals surface area contributed by atoms with Crippen LogP contribution in [0.25, 0.3) is 5.69 Å². The van der Waals surface area contributed by atoms with Crippen LogP contribution >= 0.6 is 0 Å². The molecule has 0 saturated carbocycles. The fraction of sp³-hybridized carbons (Fsp3) is 0.333. The van der Waals surface area contributed by atoms with Gasteiger partial charge in [-0.15, -0.1) is 10.2 Å². The first-order valence-electron chi connectivity index (χ1n) is 7.04. The summed E-state index contributed by atoms with van der Waals surface area (Å²) in [5, 5.41) is 11.7. The maximum atomic E-state index is 13.0. The molecule has 120 valence electrons. The number of rotatable bonds is 5. The molecule has 0 bridgehead atoms. The first kappa shape index (κ1) is 15.3. The summed E-state index contributed by atoms with van der Waals surface area (Å²) in [6.45, 7) is 2.73. The zero-order valence-corrected chi connectivity index (χ0v) is 12.6. The lowest BCUT2D eigenvalue weighted by Crippen LogP contribution is -2.27. The highest BCUT2D eigenvalue weighted by molar-refractivity contribution is 5.32. The van der Waals surface area contributed by atoms with E-state index in [1.165, 1.54) is 13.8 Å². The van der Waals surface area contributed by atoms with Crippen LogP contribution in [0.3, 0.4) is 0 Å². The van der Waals surface area contributed by atoms with Crippen molar-refractivity contribution in [3.8, 4) is 5.69 Å². The molecule has 23 heavy (non-hydrogen) atoms. The number of hydrogen-bond acceptors (Lipinski definition) is 5. The highest BCUT2D eigenvalue weighted by atomic mass is 19.3. The summed E-state index contributed by atoms with van der Waals surface area (Å²) in [5.41, 5.74) is -0.595. The molecular weight excluding hydrogens is 304 g/mol. The Balaban J connectivity index is 1.85. The van der Waals surface area contributed by atoms with Gasteiger partial charge in [0.05, 0.1) is 6.42 Å². The molecule has 3 aromatic rings. The van der Waals surface area contributed by atoms with E-state index < -0.39 is 11.8 Å². The van der Waals surface area contributed by atoms with Crippen molar-refractivity contribution in [2.75, 3.05) is 0 Å². The second-order valence-corrected chi connectivity index (χ2v) is 5.67. The van der Waals surface area contributed by atoms with Crippen LogP contribution < -0.4 is 0 Å². The third-order valence-electron chi connectivity index (χ3n) is 3.53. The molecular formula is C15H15F2N5O. The maximum Gasteiger partial charge on any atom is 0.252 e. The topological polar surface area (TPSA) is 69.6 Å². The van der Waals surface area contributed by atoms with Gasteiger partial charge in [0.2, 0.25) is 5.89 Å². The lowest BCUT2D eigenvalue weighted by Gasteiger charge is -2.17. The molecule has 0 saturated heterocycles. The predicted octanol–water partition coefficient (Wildman–Crippen LogP) is 2.78. The van der Waals surface area contributed by atoms with Crippen LogP contribution in [0.4, 0.5) is 8.78 Å². The van der Waals surface area contributed by atoms with E-state index in [0.29, 0.717) is 11.6 Å². The Kier molecular flexibility index (Phi) is 3.89. The van der Waals surface area contributed by atoms with Crippen LogP contribution in [-0.4, -0.2) is 31.3 Å². The normalized spacial score (nSPS) is 12.0. The van der Waals surface area contributed by atoms with E-state index >= 15 is 0 Å². The number of benzene rings is 1. The molecule has 0 atom stereocenters. The summed E-state index contributed by atoms with van der Waals surface area (Å²) in [5.74, 6) is 0.797. The fourth-order valence-corrected chi connectivity index (χ4v) is 2.01. The standard InChI is InChI=1S/C15H15F2N5O/c1-15(2,13(16)17)14-19-11(21-23-14)8-12-20-18-9-22(12)10-6-4-3-5-7-10/h3-7,9,13H,8H2,1-2H3. The van der Waals surface area contributed by atoms with E-state index in [-0.39, 0.29) is 12.3 Å². The van der Waals surface area contributed by atoms with Gasteiger partial charge in [-0.2, -0.15) is 4.98 Å². The Morgan fingerprint density at radius 3 is 2.65 bits per heavy atom. The van der Waals surface area contributed by atoms with Crippen LogP contribution in [0.5, 0.6) is 0 Å². The summed E-state index contributed by atoms with van der Waals surface area (Å²) < 4.78 is 32.8. The molecule has 3 rings (SSSR count). The highest BCUT2D eigenvalue weighted by Gasteiger charge is 2.37. The van der Waals surface area contributed by atoms with Crippen LogP contribution in [0.2, 0.25) is 0 Å². The minimum Gasteiger partial charge on any atom is -0.339 e. The molecule has 0 fully saturated rings. The summed E-state index contributed by atoms with van der Waals surface area (Å²) in [6.07, 6.45) is -0.782. The van der Waals surface area contributed by atoms with Crippen molar-refractivity contribution in [2.24, 2.45) is 0 Å². The van der Waals surface area contributed by atoms with Gasteiger partial charge in [0.25, 0.3) is 6.43 Å². The van der Waals surface area contributed by atoms with E-state index in [2.05, 4.69) is 20.3 Å². The largest absolute Gasteiger partial charge is 0.339 e. The van der Waals surface area contributed by atoms with Crippen molar-refractivity contribution in [1.29, 1.82) is 0 Å². The first-order valence-corrected chi connectivity index (χ1v) is 7.04. The molecule has 0 radical (unpaired) electrons. The Morgan fingerprint density at radius 1 is 1.22 bits per heavy atom. The van der Waals surface area contributed by atoms with Gasteiger partial charge in [0.1, 0.15) is 17.6 Å². The average molecular weight is 319 g/mol. The van der Waals surface area contributed by atoms with Crippen molar-refractivity contribution < 1.29 is 13.3 Å². The van der Waals surface area contributed by atoms with Crippen LogP contribution in [0, 0.1) is 0 Å². The zero-order chi connectivity index (χ0) is 16.4. The van der Waals surface area contributed by atoms with Crippen LogP contribution in [0.15, 0.2) is 41.2 Å². The number of halogens is 2. The van der Waals surface area contributed by atoms with Gasteiger partial charge in [-0.1, -0.05) is 23.4 Å². The molecule has 0 aliphatic carbocycles. The van der Waals surface area contributed by atoms with Gasteiger partial charge >= 0.3 is 0 Å². The third kappa shape index (κ3) is 2.96. The molecule has 0 aliphatic heterocycles. The monoisotopic (exact) mass is 319 g/mol. The van der Waals surface area contributed by atoms with Crippen LogP contribution in [0.1, 0.15) is 31.4 Å². The van der Waals surface area contributed by atoms with Gasteiger partial charge in [-0.3, -0.25) is 4.57 Å². The van der Waals surface area contributed by atoms with Gasteiger partial charge in [-0.05, 0) is 26.0 Å². The molecule has 0 N–H and O–H groups in total. The van der Waals surface area contributed by atoms with E-state index in [1.54, 1.807) is 10.9 Å². The molecule has 8 heteroatoms. The SMILES string of the molecule is CC(C)(c1nc(Cc2nncn2-c2ccccc2)no1)C(F)F. The van der Waals surface area contributed by atoms with Gasteiger partial charge in [0.15, 0.2) is 5.82 Å². The number of para-hydroxylation sites is 1. The molecule has 0 unspecified atom stereocenters. The highest BCUT2D eigenvalue weighted by Crippen LogP contribution is 2.28. The molecule has 0 aliphatic rings. The Hall–Kier alpha value is -2.64. The molecule has 2 heterocycles. The second-order valence-electron chi connectivity index (χ2n) is 5.67. The summed E-state index contributed by atoms with van der Waals surface area (Å²) >= 11 is 0. The maximum absolute atomic E-state index is 13.0. The van der Waals surface area contributed by atoms with Crippen LogP contribution in [-0.2, 0) is 11.8 Å². The Morgan fingerprint density at radius 2 is 1.96 bits per heavy atom. The lowest BCUT2D eigenvalue weighted by molar-refractivity contribution is 0.0505.